The van der Waals surface area contributed by atoms with E-state index in [-0.39, 0.29) is 11.3 Å². The van der Waals surface area contributed by atoms with Crippen molar-refractivity contribution < 1.29 is 4.79 Å². The third-order valence-electron chi connectivity index (χ3n) is 3.79. The van der Waals surface area contributed by atoms with Crippen LogP contribution >= 0.6 is 0 Å². The van der Waals surface area contributed by atoms with Crippen molar-refractivity contribution >= 4 is 11.6 Å². The summed E-state index contributed by atoms with van der Waals surface area (Å²) in [5.74, 6) is 0.0274. The van der Waals surface area contributed by atoms with Gasteiger partial charge in [-0.15, -0.1) is 0 Å². The molecular formula is C19H27N3O. The van der Waals surface area contributed by atoms with Crippen molar-refractivity contribution in [1.82, 2.24) is 10.2 Å². The molecule has 0 unspecified atom stereocenters. The fraction of sp³-hybridized carbons (Fsp3) is 0.474. The number of hydrogen-bond acceptors (Lipinski definition) is 2. The van der Waals surface area contributed by atoms with Gasteiger partial charge in [0.05, 0.1) is 11.4 Å². The van der Waals surface area contributed by atoms with Crippen molar-refractivity contribution in [2.24, 2.45) is 5.41 Å². The van der Waals surface area contributed by atoms with Crippen molar-refractivity contribution in [2.75, 3.05) is 5.32 Å². The van der Waals surface area contributed by atoms with E-state index in [1.54, 1.807) is 0 Å². The second kappa shape index (κ2) is 6.57. The summed E-state index contributed by atoms with van der Waals surface area (Å²) >= 11 is 0. The first-order valence-corrected chi connectivity index (χ1v) is 8.16. The minimum Gasteiger partial charge on any atom is -0.323 e. The minimum absolute atomic E-state index is 0.0274. The van der Waals surface area contributed by atoms with Crippen molar-refractivity contribution in [2.45, 2.75) is 54.4 Å². The van der Waals surface area contributed by atoms with Crippen molar-refractivity contribution in [1.29, 1.82) is 0 Å². The number of aromatic nitrogens is 2. The molecule has 4 heteroatoms. The molecule has 1 aromatic carbocycles. The lowest BCUT2D eigenvalue weighted by Gasteiger charge is -2.18. The summed E-state index contributed by atoms with van der Waals surface area (Å²) in [7, 11) is 0. The van der Waals surface area contributed by atoms with Crippen LogP contribution in [0.5, 0.6) is 0 Å². The van der Waals surface area contributed by atoms with Crippen LogP contribution in [0.2, 0.25) is 0 Å². The molecule has 0 radical (unpaired) electrons. The Kier molecular flexibility index (Phi) is 4.93. The number of nitrogens with zero attached hydrogens (tertiary/aromatic N) is 1. The van der Waals surface area contributed by atoms with Gasteiger partial charge in [0, 0.05) is 12.0 Å². The van der Waals surface area contributed by atoms with Crippen molar-refractivity contribution in [3.05, 3.63) is 35.0 Å². The van der Waals surface area contributed by atoms with Crippen LogP contribution in [0.4, 0.5) is 5.69 Å². The van der Waals surface area contributed by atoms with Gasteiger partial charge in [-0.05, 0) is 31.2 Å². The Labute approximate surface area is 138 Å². The average Bonchev–Trinajstić information content (AvgIpc) is 2.79. The quantitative estimate of drug-likeness (QED) is 0.864. The van der Waals surface area contributed by atoms with Gasteiger partial charge >= 0.3 is 0 Å². The molecule has 23 heavy (non-hydrogen) atoms. The molecule has 0 saturated heterocycles. The zero-order valence-electron chi connectivity index (χ0n) is 15.0. The van der Waals surface area contributed by atoms with Crippen LogP contribution in [-0.4, -0.2) is 16.1 Å². The van der Waals surface area contributed by atoms with E-state index >= 15 is 0 Å². The number of hydrogen-bond donors (Lipinski definition) is 2. The molecule has 124 valence electrons. The van der Waals surface area contributed by atoms with Crippen LogP contribution in [-0.2, 0) is 11.2 Å². The summed E-state index contributed by atoms with van der Waals surface area (Å²) in [6.45, 7) is 12.4. The van der Waals surface area contributed by atoms with Gasteiger partial charge in [0.15, 0.2) is 0 Å². The summed E-state index contributed by atoms with van der Waals surface area (Å²) in [5, 5.41) is 10.6. The molecule has 0 aliphatic carbocycles. The number of amides is 1. The first-order valence-electron chi connectivity index (χ1n) is 8.16. The van der Waals surface area contributed by atoms with Crippen molar-refractivity contribution in [3.63, 3.8) is 0 Å². The van der Waals surface area contributed by atoms with Gasteiger partial charge in [0.2, 0.25) is 5.91 Å². The first-order chi connectivity index (χ1) is 10.7. The number of nitrogens with one attached hydrogen (secondary N) is 2. The van der Waals surface area contributed by atoms with E-state index in [1.807, 2.05) is 0 Å². The average molecular weight is 313 g/mol. The first kappa shape index (κ1) is 17.3. The lowest BCUT2D eigenvalue weighted by atomic mass is 9.92. The molecule has 2 N–H and O–H groups in total. The van der Waals surface area contributed by atoms with E-state index in [2.05, 4.69) is 75.3 Å². The van der Waals surface area contributed by atoms with Gasteiger partial charge in [0.25, 0.3) is 0 Å². The van der Waals surface area contributed by atoms with Gasteiger partial charge in [0.1, 0.15) is 5.69 Å². The number of benzene rings is 1. The third-order valence-corrected chi connectivity index (χ3v) is 3.79. The number of anilines is 1. The molecule has 0 aliphatic heterocycles. The predicted octanol–water partition coefficient (Wildman–Crippen LogP) is 4.63. The molecule has 0 saturated carbocycles. The normalized spacial score (nSPS) is 11.6. The van der Waals surface area contributed by atoms with Crippen LogP contribution in [0.1, 0.15) is 50.9 Å². The summed E-state index contributed by atoms with van der Waals surface area (Å²) in [5.41, 5.74) is 5.98. The van der Waals surface area contributed by atoms with Crippen LogP contribution in [0.15, 0.2) is 18.2 Å². The largest absolute Gasteiger partial charge is 0.323 e. The van der Waals surface area contributed by atoms with E-state index in [0.29, 0.717) is 6.42 Å². The molecule has 1 amide bonds. The molecular weight excluding hydrogens is 286 g/mol. The highest BCUT2D eigenvalue weighted by Gasteiger charge is 2.21. The molecule has 1 aromatic heterocycles. The predicted molar refractivity (Wildman–Crippen MR) is 95.6 cm³/mol. The summed E-state index contributed by atoms with van der Waals surface area (Å²) in [6, 6.07) is 6.28. The van der Waals surface area contributed by atoms with Gasteiger partial charge in [-0.2, -0.15) is 5.10 Å². The minimum atomic E-state index is -0.0415. The molecule has 2 rings (SSSR count). The maximum absolute atomic E-state index is 12.4. The fourth-order valence-electron chi connectivity index (χ4n) is 2.71. The summed E-state index contributed by atoms with van der Waals surface area (Å²) in [4.78, 5) is 12.4. The van der Waals surface area contributed by atoms with Gasteiger partial charge in [-0.1, -0.05) is 51.5 Å². The Bertz CT molecular complexity index is 708. The molecule has 0 aliphatic rings. The molecule has 0 bridgehead atoms. The van der Waals surface area contributed by atoms with E-state index in [9.17, 15) is 4.79 Å². The van der Waals surface area contributed by atoms with E-state index < -0.39 is 0 Å². The maximum Gasteiger partial charge on any atom is 0.225 e. The number of aromatic amines is 1. The highest BCUT2D eigenvalue weighted by molar-refractivity contribution is 5.96. The van der Waals surface area contributed by atoms with E-state index in [1.165, 1.54) is 5.56 Å². The number of aryl methyl sites for hydroxylation is 3. The molecule has 2 aromatic rings. The Balaban J connectivity index is 2.39. The second-order valence-electron chi connectivity index (χ2n) is 7.38. The topological polar surface area (TPSA) is 57.8 Å². The lowest BCUT2D eigenvalue weighted by molar-refractivity contribution is -0.117. The Morgan fingerprint density at radius 2 is 1.96 bits per heavy atom. The standard InChI is InChI=1S/C19H27N3O/c1-7-15-18(20-16(23)11-19(4,5)6)17(22-21-15)14-9-8-12(2)10-13(14)3/h8-10H,7,11H2,1-6H3,(H,20,23)(H,21,22). The lowest BCUT2D eigenvalue weighted by Crippen LogP contribution is -2.20. The van der Waals surface area contributed by atoms with E-state index in [0.717, 1.165) is 34.6 Å². The number of rotatable bonds is 4. The molecule has 0 fully saturated rings. The van der Waals surface area contributed by atoms with Crippen LogP contribution in [0.25, 0.3) is 11.3 Å². The van der Waals surface area contributed by atoms with Gasteiger partial charge in [-0.25, -0.2) is 0 Å². The smallest absolute Gasteiger partial charge is 0.225 e. The summed E-state index contributed by atoms with van der Waals surface area (Å²) < 4.78 is 0. The molecule has 0 spiro atoms. The SMILES string of the molecule is CCc1[nH]nc(-c2ccc(C)cc2C)c1NC(=O)CC(C)(C)C. The highest BCUT2D eigenvalue weighted by atomic mass is 16.1. The van der Waals surface area contributed by atoms with Gasteiger partial charge in [-0.3, -0.25) is 9.89 Å². The second-order valence-corrected chi connectivity index (χ2v) is 7.38. The van der Waals surface area contributed by atoms with Crippen LogP contribution in [0.3, 0.4) is 0 Å². The number of carbonyl (C=O) groups is 1. The Morgan fingerprint density at radius 1 is 1.26 bits per heavy atom. The summed E-state index contributed by atoms with van der Waals surface area (Å²) in [6.07, 6.45) is 1.27. The maximum atomic E-state index is 12.4. The van der Waals surface area contributed by atoms with Crippen LogP contribution < -0.4 is 5.32 Å². The zero-order chi connectivity index (χ0) is 17.2. The van der Waals surface area contributed by atoms with Gasteiger partial charge < -0.3 is 5.32 Å². The monoisotopic (exact) mass is 313 g/mol. The molecule has 4 nitrogen and oxygen atoms in total. The Morgan fingerprint density at radius 3 is 2.52 bits per heavy atom. The molecule has 0 atom stereocenters. The third kappa shape index (κ3) is 4.21. The number of carbonyl (C=O) groups excluding carboxylic acids is 1. The number of H-pyrrole nitrogens is 1. The fourth-order valence-corrected chi connectivity index (χ4v) is 2.71. The Hall–Kier alpha value is -2.10. The zero-order valence-corrected chi connectivity index (χ0v) is 15.0. The van der Waals surface area contributed by atoms with Crippen LogP contribution in [0, 0.1) is 19.3 Å². The molecule has 1 heterocycles. The highest BCUT2D eigenvalue weighted by Crippen LogP contribution is 2.32. The van der Waals surface area contributed by atoms with E-state index in [4.69, 9.17) is 0 Å². The van der Waals surface area contributed by atoms with Crippen molar-refractivity contribution in [3.8, 4) is 11.3 Å².